The van der Waals surface area contributed by atoms with Gasteiger partial charge < -0.3 is 38.3 Å². The van der Waals surface area contributed by atoms with Crippen molar-refractivity contribution in [2.45, 2.75) is 102 Å². The summed E-state index contributed by atoms with van der Waals surface area (Å²) in [5.41, 5.74) is 1.15. The fraction of sp³-hybridized carbons (Fsp3) is 0.778. The van der Waals surface area contributed by atoms with E-state index in [9.17, 15) is 5.11 Å². The number of aliphatic hydroxyl groups is 1. The zero-order valence-corrected chi connectivity index (χ0v) is 20.7. The highest BCUT2D eigenvalue weighted by atomic mass is 16.7. The summed E-state index contributed by atoms with van der Waals surface area (Å²) in [6.07, 6.45) is 5.51. The van der Waals surface area contributed by atoms with Crippen LogP contribution in [0.4, 0.5) is 0 Å². The Labute approximate surface area is 208 Å². The average molecular weight is 493 g/mol. The molecule has 1 aliphatic carbocycles. The van der Waals surface area contributed by atoms with Crippen LogP contribution < -0.4 is 4.74 Å². The lowest BCUT2D eigenvalue weighted by atomic mass is 10.0. The number of ether oxygens (including phenoxy) is 7. The van der Waals surface area contributed by atoms with Gasteiger partial charge in [-0.25, -0.2) is 0 Å². The molecule has 35 heavy (non-hydrogen) atoms. The molecule has 0 amide bonds. The molecule has 0 aromatic heterocycles. The van der Waals surface area contributed by atoms with E-state index in [0.29, 0.717) is 26.1 Å². The molecule has 5 rings (SSSR count). The largest absolute Gasteiger partial charge is 0.491 e. The molecule has 4 unspecified atom stereocenters. The molecule has 1 aromatic rings. The molecule has 8 atom stereocenters. The summed E-state index contributed by atoms with van der Waals surface area (Å²) in [6.45, 7) is 4.21. The minimum Gasteiger partial charge on any atom is -0.491 e. The number of hydrogen-bond acceptors (Lipinski definition) is 8. The van der Waals surface area contributed by atoms with Gasteiger partial charge in [0.1, 0.15) is 18.5 Å². The molecule has 8 heteroatoms. The van der Waals surface area contributed by atoms with E-state index in [0.717, 1.165) is 63.1 Å². The van der Waals surface area contributed by atoms with E-state index in [1.165, 1.54) is 0 Å². The van der Waals surface area contributed by atoms with E-state index < -0.39 is 6.29 Å². The maximum absolute atomic E-state index is 10.1. The lowest BCUT2D eigenvalue weighted by Gasteiger charge is -2.32. The van der Waals surface area contributed by atoms with Crippen molar-refractivity contribution in [1.29, 1.82) is 0 Å². The summed E-state index contributed by atoms with van der Waals surface area (Å²) in [5, 5.41) is 10.1. The third-order valence-electron chi connectivity index (χ3n) is 7.38. The van der Waals surface area contributed by atoms with Crippen molar-refractivity contribution < 1.29 is 38.3 Å². The van der Waals surface area contributed by atoms with Gasteiger partial charge in [0.2, 0.25) is 0 Å². The summed E-state index contributed by atoms with van der Waals surface area (Å²) in [6, 6.07) is 8.00. The van der Waals surface area contributed by atoms with Gasteiger partial charge in [0.25, 0.3) is 0 Å². The smallest absolute Gasteiger partial charge is 0.158 e. The molecule has 0 spiro atoms. The standard InChI is InChI=1S/C27H40O8/c1-18-7-6-8-19(13-18)31-16-20(33-25-9-2-4-11-29-25)17-32-27-21-14-24(28)34-22(21)15-23(27)35-26-10-3-5-12-30-26/h6-8,13,20-28H,2-5,9-12,14-17H2,1H3/t20?,21-,22-,23+,24?,25?,26?,27+/m1/s1. The van der Waals surface area contributed by atoms with Crippen molar-refractivity contribution in [3.63, 3.8) is 0 Å². The molecule has 0 radical (unpaired) electrons. The lowest BCUT2D eigenvalue weighted by Crippen LogP contribution is -2.40. The molecular weight excluding hydrogens is 452 g/mol. The number of aryl methyl sites for hydroxylation is 1. The van der Waals surface area contributed by atoms with Crippen molar-refractivity contribution in [3.8, 4) is 5.75 Å². The Balaban J connectivity index is 1.22. The van der Waals surface area contributed by atoms with Gasteiger partial charge in [-0.2, -0.15) is 0 Å². The maximum Gasteiger partial charge on any atom is 0.158 e. The lowest BCUT2D eigenvalue weighted by molar-refractivity contribution is -0.227. The molecule has 1 N–H and O–H groups in total. The third-order valence-corrected chi connectivity index (χ3v) is 7.38. The molecule has 3 saturated heterocycles. The van der Waals surface area contributed by atoms with Crippen molar-refractivity contribution in [3.05, 3.63) is 29.8 Å². The Kier molecular flexibility index (Phi) is 8.94. The molecular formula is C27H40O8. The van der Waals surface area contributed by atoms with E-state index in [1.807, 2.05) is 31.2 Å². The van der Waals surface area contributed by atoms with Crippen molar-refractivity contribution in [2.24, 2.45) is 5.92 Å². The molecule has 4 fully saturated rings. The van der Waals surface area contributed by atoms with Crippen LogP contribution in [0.1, 0.15) is 56.9 Å². The van der Waals surface area contributed by atoms with E-state index in [2.05, 4.69) is 0 Å². The van der Waals surface area contributed by atoms with Gasteiger partial charge in [0.15, 0.2) is 18.9 Å². The monoisotopic (exact) mass is 492 g/mol. The van der Waals surface area contributed by atoms with Crippen LogP contribution in [0.15, 0.2) is 24.3 Å². The normalized spacial score (nSPS) is 36.1. The first-order valence-electron chi connectivity index (χ1n) is 13.3. The second-order valence-corrected chi connectivity index (χ2v) is 10.2. The zero-order valence-electron chi connectivity index (χ0n) is 20.7. The first-order chi connectivity index (χ1) is 17.1. The predicted octanol–water partition coefficient (Wildman–Crippen LogP) is 3.71. The van der Waals surface area contributed by atoms with Crippen molar-refractivity contribution in [1.82, 2.24) is 0 Å². The van der Waals surface area contributed by atoms with Crippen LogP contribution in [0.5, 0.6) is 5.75 Å². The van der Waals surface area contributed by atoms with E-state index in [4.69, 9.17) is 33.2 Å². The van der Waals surface area contributed by atoms with E-state index in [-0.39, 0.29) is 42.9 Å². The fourth-order valence-electron chi connectivity index (χ4n) is 5.61. The zero-order chi connectivity index (χ0) is 24.0. The van der Waals surface area contributed by atoms with E-state index >= 15 is 0 Å². The predicted molar refractivity (Wildman–Crippen MR) is 127 cm³/mol. The maximum atomic E-state index is 10.1. The number of fused-ring (bicyclic) bond motifs is 1. The summed E-state index contributed by atoms with van der Waals surface area (Å²) < 4.78 is 42.7. The molecule has 4 aliphatic rings. The highest BCUT2D eigenvalue weighted by Gasteiger charge is 2.51. The van der Waals surface area contributed by atoms with Gasteiger partial charge in [-0.05, 0) is 63.1 Å². The quantitative estimate of drug-likeness (QED) is 0.529. The number of hydrogen-bond donors (Lipinski definition) is 1. The van der Waals surface area contributed by atoms with Crippen LogP contribution in [0.2, 0.25) is 0 Å². The summed E-state index contributed by atoms with van der Waals surface area (Å²) in [7, 11) is 0. The molecule has 0 bridgehead atoms. The number of aliphatic hydroxyl groups excluding tert-OH is 1. The van der Waals surface area contributed by atoms with Crippen molar-refractivity contribution >= 4 is 0 Å². The molecule has 1 saturated carbocycles. The Morgan fingerprint density at radius 3 is 2.54 bits per heavy atom. The Bertz CT molecular complexity index is 778. The first kappa shape index (κ1) is 25.4. The minimum atomic E-state index is -0.740. The van der Waals surface area contributed by atoms with Crippen LogP contribution in [0.3, 0.4) is 0 Å². The van der Waals surface area contributed by atoms with Crippen LogP contribution >= 0.6 is 0 Å². The first-order valence-corrected chi connectivity index (χ1v) is 13.3. The summed E-state index contributed by atoms with van der Waals surface area (Å²) in [5.74, 6) is 0.898. The third kappa shape index (κ3) is 6.95. The minimum absolute atomic E-state index is 0.0619. The Morgan fingerprint density at radius 2 is 1.80 bits per heavy atom. The van der Waals surface area contributed by atoms with Gasteiger partial charge >= 0.3 is 0 Å². The summed E-state index contributed by atoms with van der Waals surface area (Å²) >= 11 is 0. The van der Waals surface area contributed by atoms with Gasteiger partial charge in [-0.15, -0.1) is 0 Å². The van der Waals surface area contributed by atoms with Crippen LogP contribution in [-0.2, 0) is 28.4 Å². The van der Waals surface area contributed by atoms with Crippen molar-refractivity contribution in [2.75, 3.05) is 26.4 Å². The highest BCUT2D eigenvalue weighted by Crippen LogP contribution is 2.42. The Hall–Kier alpha value is -1.26. The average Bonchev–Trinajstić information content (AvgIpc) is 3.37. The molecule has 196 valence electrons. The van der Waals surface area contributed by atoms with Crippen LogP contribution in [0, 0.1) is 12.8 Å². The number of benzene rings is 1. The van der Waals surface area contributed by atoms with Gasteiger partial charge in [0, 0.05) is 32.0 Å². The molecule has 8 nitrogen and oxygen atoms in total. The second-order valence-electron chi connectivity index (χ2n) is 10.2. The SMILES string of the molecule is Cc1cccc(OCC(CO[C@H]2[C@@H]3CC(O)O[C@@H]3C[C@@H]2OC2CCCCO2)OC2CCCCO2)c1. The van der Waals surface area contributed by atoms with Crippen LogP contribution in [0.25, 0.3) is 0 Å². The second kappa shape index (κ2) is 12.3. The van der Waals surface area contributed by atoms with Crippen LogP contribution in [-0.4, -0.2) is 74.8 Å². The van der Waals surface area contributed by atoms with Gasteiger partial charge in [-0.3, -0.25) is 0 Å². The molecule has 3 heterocycles. The highest BCUT2D eigenvalue weighted by molar-refractivity contribution is 5.27. The number of rotatable bonds is 10. The topological polar surface area (TPSA) is 84.8 Å². The Morgan fingerprint density at radius 1 is 1.00 bits per heavy atom. The molecule has 3 aliphatic heterocycles. The molecule has 1 aromatic carbocycles. The van der Waals surface area contributed by atoms with Gasteiger partial charge in [0.05, 0.1) is 24.9 Å². The summed E-state index contributed by atoms with van der Waals surface area (Å²) in [4.78, 5) is 0. The van der Waals surface area contributed by atoms with E-state index in [1.54, 1.807) is 0 Å². The fourth-order valence-corrected chi connectivity index (χ4v) is 5.61. The van der Waals surface area contributed by atoms with Gasteiger partial charge in [-0.1, -0.05) is 12.1 Å².